The summed E-state index contributed by atoms with van der Waals surface area (Å²) in [5.74, 6) is -0.417. The minimum atomic E-state index is -4.65. The number of hydrogen-bond acceptors (Lipinski definition) is 5. The smallest absolute Gasteiger partial charge is 0.419 e. The van der Waals surface area contributed by atoms with E-state index >= 15 is 0 Å². The first-order valence-electron chi connectivity index (χ1n) is 11.5. The third-order valence-electron chi connectivity index (χ3n) is 6.09. The van der Waals surface area contributed by atoms with Gasteiger partial charge in [0.2, 0.25) is 0 Å². The number of halogens is 4. The van der Waals surface area contributed by atoms with Gasteiger partial charge in [-0.3, -0.25) is 4.72 Å². The summed E-state index contributed by atoms with van der Waals surface area (Å²) in [5, 5.41) is -0.00119. The highest BCUT2D eigenvalue weighted by Crippen LogP contribution is 2.39. The summed E-state index contributed by atoms with van der Waals surface area (Å²) in [7, 11) is -2.33. The Kier molecular flexibility index (Phi) is 8.04. The van der Waals surface area contributed by atoms with Gasteiger partial charge >= 0.3 is 6.18 Å². The minimum absolute atomic E-state index is 0.00119. The molecule has 198 valence electrons. The van der Waals surface area contributed by atoms with Crippen LogP contribution in [-0.4, -0.2) is 39.6 Å². The van der Waals surface area contributed by atoms with Crippen LogP contribution in [0, 0.1) is 13.8 Å². The second-order valence-corrected chi connectivity index (χ2v) is 12.3. The predicted molar refractivity (Wildman–Crippen MR) is 140 cm³/mol. The lowest BCUT2D eigenvalue weighted by molar-refractivity contribution is -0.139. The maximum Gasteiger partial charge on any atom is 0.419 e. The summed E-state index contributed by atoms with van der Waals surface area (Å²) in [6.07, 6.45) is -4.50. The van der Waals surface area contributed by atoms with Gasteiger partial charge in [-0.05, 0) is 80.9 Å². The third-order valence-corrected chi connectivity index (χ3v) is 8.93. The van der Waals surface area contributed by atoms with Crippen LogP contribution in [-0.2, 0) is 16.2 Å². The van der Waals surface area contributed by atoms with E-state index in [-0.39, 0.29) is 15.6 Å². The highest BCUT2D eigenvalue weighted by atomic mass is 35.5. The second kappa shape index (κ2) is 10.8. The molecule has 1 atom stereocenters. The first kappa shape index (κ1) is 27.6. The maximum absolute atomic E-state index is 13.6. The molecule has 0 amide bonds. The first-order valence-corrected chi connectivity index (χ1v) is 14.1. The quantitative estimate of drug-likeness (QED) is 0.331. The molecule has 1 aliphatic rings. The number of likely N-dealkylation sites (tertiary alicyclic amines) is 1. The van der Waals surface area contributed by atoms with Crippen LogP contribution in [0.1, 0.15) is 23.1 Å². The molecule has 0 bridgehead atoms. The Labute approximate surface area is 224 Å². The van der Waals surface area contributed by atoms with Crippen LogP contribution < -0.4 is 9.46 Å². The molecule has 3 aromatic carbocycles. The summed E-state index contributed by atoms with van der Waals surface area (Å²) in [6.45, 7) is 5.22. The van der Waals surface area contributed by atoms with Crippen molar-refractivity contribution < 1.29 is 26.3 Å². The topological polar surface area (TPSA) is 58.6 Å². The molecule has 1 saturated heterocycles. The van der Waals surface area contributed by atoms with Crippen molar-refractivity contribution in [3.63, 3.8) is 0 Å². The molecule has 5 nitrogen and oxygen atoms in total. The fourth-order valence-electron chi connectivity index (χ4n) is 3.97. The van der Waals surface area contributed by atoms with Crippen LogP contribution in [0.4, 0.5) is 18.9 Å². The summed E-state index contributed by atoms with van der Waals surface area (Å²) >= 11 is 7.78. The number of ether oxygens (including phenoxy) is 1. The molecule has 1 aliphatic heterocycles. The molecular weight excluding hydrogens is 545 g/mol. The third kappa shape index (κ3) is 6.73. The highest BCUT2D eigenvalue weighted by molar-refractivity contribution is 7.99. The van der Waals surface area contributed by atoms with Gasteiger partial charge in [0.1, 0.15) is 16.7 Å². The average Bonchev–Trinajstić information content (AvgIpc) is 3.19. The maximum atomic E-state index is 13.6. The zero-order valence-corrected chi connectivity index (χ0v) is 22.8. The van der Waals surface area contributed by atoms with Crippen molar-refractivity contribution in [2.45, 2.75) is 47.2 Å². The van der Waals surface area contributed by atoms with Gasteiger partial charge in [0.15, 0.2) is 0 Å². The van der Waals surface area contributed by atoms with Gasteiger partial charge in [-0.25, -0.2) is 8.42 Å². The molecule has 1 fully saturated rings. The van der Waals surface area contributed by atoms with E-state index in [0.29, 0.717) is 19.5 Å². The summed E-state index contributed by atoms with van der Waals surface area (Å²) in [4.78, 5) is 3.50. The Morgan fingerprint density at radius 1 is 1.03 bits per heavy atom. The van der Waals surface area contributed by atoms with Crippen molar-refractivity contribution in [1.82, 2.24) is 4.90 Å². The molecule has 11 heteroatoms. The molecule has 37 heavy (non-hydrogen) atoms. The number of nitrogens with zero attached hydrogens (tertiary/aromatic N) is 1. The van der Waals surface area contributed by atoms with Gasteiger partial charge in [-0.15, -0.1) is 0 Å². The van der Waals surface area contributed by atoms with Gasteiger partial charge in [-0.1, -0.05) is 29.4 Å². The van der Waals surface area contributed by atoms with Crippen molar-refractivity contribution >= 4 is 39.1 Å². The number of sulfonamides is 1. The van der Waals surface area contributed by atoms with E-state index in [2.05, 4.69) is 4.72 Å². The van der Waals surface area contributed by atoms with E-state index < -0.39 is 33.6 Å². The predicted octanol–water partition coefficient (Wildman–Crippen LogP) is 7.01. The van der Waals surface area contributed by atoms with Crippen LogP contribution in [0.5, 0.6) is 5.75 Å². The standard InChI is InChI=1S/C26H26ClF3N2O3S2/c1-16-4-6-20(12-17(16)2)36-21-7-9-25(23(27)14-21)37(33,34)31-18-5-8-22(26(28,29)30)24(13-18)35-19-10-11-32(3)15-19/h4-9,12-14,19,31H,10-11,15H2,1-3H3. The zero-order chi connectivity index (χ0) is 27.0. The number of aryl methyl sites for hydroxylation is 2. The van der Waals surface area contributed by atoms with Crippen molar-refractivity contribution in [1.29, 1.82) is 0 Å². The zero-order valence-electron chi connectivity index (χ0n) is 20.4. The highest BCUT2D eigenvalue weighted by Gasteiger charge is 2.36. The van der Waals surface area contributed by atoms with Crippen molar-refractivity contribution in [2.75, 3.05) is 24.9 Å². The van der Waals surface area contributed by atoms with Crippen molar-refractivity contribution in [3.05, 3.63) is 76.3 Å². The number of benzene rings is 3. The Morgan fingerprint density at radius 3 is 2.35 bits per heavy atom. The van der Waals surface area contributed by atoms with Crippen LogP contribution >= 0.6 is 23.4 Å². The Bertz CT molecular complexity index is 1410. The van der Waals surface area contributed by atoms with Crippen LogP contribution in [0.3, 0.4) is 0 Å². The molecule has 0 spiro atoms. The van der Waals surface area contributed by atoms with E-state index in [1.165, 1.54) is 23.4 Å². The van der Waals surface area contributed by atoms with Gasteiger partial charge in [0, 0.05) is 28.9 Å². The fourth-order valence-corrected chi connectivity index (χ4v) is 6.59. The Balaban J connectivity index is 1.56. The van der Waals surface area contributed by atoms with E-state index in [4.69, 9.17) is 16.3 Å². The molecule has 0 aromatic heterocycles. The number of rotatable bonds is 7. The summed E-state index contributed by atoms with van der Waals surface area (Å²) in [6, 6.07) is 13.5. The molecule has 4 rings (SSSR count). The lowest BCUT2D eigenvalue weighted by Crippen LogP contribution is -2.23. The largest absolute Gasteiger partial charge is 0.488 e. The molecular formula is C26H26ClF3N2O3S2. The van der Waals surface area contributed by atoms with Gasteiger partial charge in [0.25, 0.3) is 10.0 Å². The Morgan fingerprint density at radius 2 is 1.73 bits per heavy atom. The monoisotopic (exact) mass is 570 g/mol. The molecule has 0 aliphatic carbocycles. The normalized spacial score (nSPS) is 16.7. The van der Waals surface area contributed by atoms with E-state index in [1.807, 2.05) is 44.0 Å². The lowest BCUT2D eigenvalue weighted by Gasteiger charge is -2.19. The van der Waals surface area contributed by atoms with Gasteiger partial charge in [0.05, 0.1) is 16.3 Å². The first-order chi connectivity index (χ1) is 17.3. The number of likely N-dealkylation sites (N-methyl/N-ethyl adjacent to an activating group) is 1. The number of alkyl halides is 3. The number of anilines is 1. The van der Waals surface area contributed by atoms with Gasteiger partial charge in [-0.2, -0.15) is 13.2 Å². The fraction of sp³-hybridized carbons (Fsp3) is 0.308. The Hall–Kier alpha value is -2.40. The molecule has 1 unspecified atom stereocenters. The molecule has 0 radical (unpaired) electrons. The number of nitrogens with one attached hydrogen (secondary N) is 1. The minimum Gasteiger partial charge on any atom is -0.488 e. The second-order valence-electron chi connectivity index (χ2n) is 9.05. The summed E-state index contributed by atoms with van der Waals surface area (Å²) in [5.41, 5.74) is 1.29. The molecule has 1 N–H and O–H groups in total. The van der Waals surface area contributed by atoms with Crippen LogP contribution in [0.15, 0.2) is 69.3 Å². The number of hydrogen-bond donors (Lipinski definition) is 1. The van der Waals surface area contributed by atoms with E-state index in [9.17, 15) is 21.6 Å². The summed E-state index contributed by atoms with van der Waals surface area (Å²) < 4.78 is 74.9. The molecule has 1 heterocycles. The lowest BCUT2D eigenvalue weighted by atomic mass is 10.1. The van der Waals surface area contributed by atoms with Crippen LogP contribution in [0.25, 0.3) is 0 Å². The SMILES string of the molecule is Cc1ccc(Sc2ccc(S(=O)(=O)Nc3ccc(C(F)(F)F)c(OC4CCN(C)C4)c3)c(Cl)c2)cc1C. The van der Waals surface area contributed by atoms with Crippen molar-refractivity contribution in [2.24, 2.45) is 0 Å². The van der Waals surface area contributed by atoms with E-state index in [1.54, 1.807) is 12.1 Å². The molecule has 3 aromatic rings. The average molecular weight is 571 g/mol. The van der Waals surface area contributed by atoms with E-state index in [0.717, 1.165) is 33.6 Å². The van der Waals surface area contributed by atoms with Crippen LogP contribution in [0.2, 0.25) is 5.02 Å². The molecule has 0 saturated carbocycles. The van der Waals surface area contributed by atoms with Gasteiger partial charge < -0.3 is 9.64 Å². The van der Waals surface area contributed by atoms with Crippen molar-refractivity contribution in [3.8, 4) is 5.75 Å².